The fourth-order valence-corrected chi connectivity index (χ4v) is 5.12. The van der Waals surface area contributed by atoms with Crippen molar-refractivity contribution in [1.29, 1.82) is 0 Å². The van der Waals surface area contributed by atoms with E-state index >= 15 is 0 Å². The van der Waals surface area contributed by atoms with Gasteiger partial charge in [0.25, 0.3) is 0 Å². The molecule has 1 saturated heterocycles. The van der Waals surface area contributed by atoms with Gasteiger partial charge < -0.3 is 19.5 Å². The zero-order chi connectivity index (χ0) is 24.9. The van der Waals surface area contributed by atoms with Gasteiger partial charge in [-0.25, -0.2) is 9.37 Å². The number of hydrogen-bond acceptors (Lipinski definition) is 5. The van der Waals surface area contributed by atoms with E-state index in [4.69, 9.17) is 16.3 Å². The van der Waals surface area contributed by atoms with Gasteiger partial charge >= 0.3 is 0 Å². The van der Waals surface area contributed by atoms with E-state index in [-0.39, 0.29) is 53.2 Å². The lowest BCUT2D eigenvalue weighted by Gasteiger charge is -2.27. The zero-order valence-corrected chi connectivity index (χ0v) is 20.0. The van der Waals surface area contributed by atoms with E-state index in [1.807, 2.05) is 0 Å². The van der Waals surface area contributed by atoms with Crippen LogP contribution >= 0.6 is 11.6 Å². The molecule has 2 aliphatic rings. The number of ketones is 1. The van der Waals surface area contributed by atoms with Gasteiger partial charge in [-0.15, -0.1) is 0 Å². The predicted molar refractivity (Wildman–Crippen MR) is 127 cm³/mol. The maximum atomic E-state index is 14.2. The third-order valence-electron chi connectivity index (χ3n) is 6.79. The molecule has 0 unspecified atom stereocenters. The quantitative estimate of drug-likeness (QED) is 0.504. The topological polar surface area (TPSA) is 93.5 Å². The predicted octanol–water partition coefficient (Wildman–Crippen LogP) is 3.35. The van der Waals surface area contributed by atoms with Gasteiger partial charge in [-0.1, -0.05) is 23.7 Å². The first-order valence-electron chi connectivity index (χ1n) is 11.3. The summed E-state index contributed by atoms with van der Waals surface area (Å²) in [6, 6.07) is 5.73. The number of halogens is 2. The van der Waals surface area contributed by atoms with E-state index in [2.05, 4.69) is 10.3 Å². The number of rotatable bonds is 7. The molecule has 2 amide bonds. The molecule has 1 aliphatic heterocycles. The first kappa shape index (κ1) is 23.3. The van der Waals surface area contributed by atoms with Crippen molar-refractivity contribution in [2.75, 3.05) is 7.11 Å². The van der Waals surface area contributed by atoms with Gasteiger partial charge in [0.2, 0.25) is 11.8 Å². The fourth-order valence-electron chi connectivity index (χ4n) is 4.93. The number of amides is 2. The number of carbonyl (C=O) groups excluding carboxylic acids is 3. The van der Waals surface area contributed by atoms with Gasteiger partial charge in [0.05, 0.1) is 18.3 Å². The highest BCUT2D eigenvalue weighted by molar-refractivity contribution is 6.30. The van der Waals surface area contributed by atoms with Crippen LogP contribution in [0.5, 0.6) is 5.75 Å². The highest BCUT2D eigenvalue weighted by atomic mass is 35.5. The van der Waals surface area contributed by atoms with Crippen LogP contribution in [0.4, 0.5) is 4.39 Å². The van der Waals surface area contributed by atoms with Gasteiger partial charge in [0, 0.05) is 35.3 Å². The lowest BCUT2D eigenvalue weighted by Crippen LogP contribution is -2.48. The Kier molecular flexibility index (Phi) is 5.96. The maximum Gasteiger partial charge on any atom is 0.243 e. The van der Waals surface area contributed by atoms with Crippen LogP contribution in [0.1, 0.15) is 35.7 Å². The van der Waals surface area contributed by atoms with Gasteiger partial charge in [0.15, 0.2) is 5.78 Å². The lowest BCUT2D eigenvalue weighted by atomic mass is 10.1. The third kappa shape index (κ3) is 4.25. The number of aromatic nitrogens is 2. The molecular weight excluding hydrogens is 475 g/mol. The van der Waals surface area contributed by atoms with E-state index in [0.717, 1.165) is 6.42 Å². The van der Waals surface area contributed by atoms with Crippen LogP contribution < -0.4 is 10.1 Å². The molecule has 1 saturated carbocycles. The molecule has 3 heterocycles. The van der Waals surface area contributed by atoms with Crippen molar-refractivity contribution in [3.05, 3.63) is 58.6 Å². The summed E-state index contributed by atoms with van der Waals surface area (Å²) in [6.07, 6.45) is 4.58. The molecule has 5 rings (SSSR count). The van der Waals surface area contributed by atoms with Crippen LogP contribution in [0.3, 0.4) is 0 Å². The number of methoxy groups -OCH3 is 1. The van der Waals surface area contributed by atoms with Crippen LogP contribution in [0.2, 0.25) is 5.02 Å². The smallest absolute Gasteiger partial charge is 0.243 e. The number of benzene rings is 1. The molecule has 182 valence electrons. The second-order valence-electron chi connectivity index (χ2n) is 9.02. The molecule has 8 nitrogen and oxygen atoms in total. The average molecular weight is 499 g/mol. The van der Waals surface area contributed by atoms with Crippen LogP contribution in [0.25, 0.3) is 11.0 Å². The number of nitrogens with one attached hydrogen (secondary N) is 1. The molecular formula is C25H24ClFN4O4. The Labute approximate surface area is 206 Å². The number of pyridine rings is 1. The molecule has 3 aromatic rings. The fraction of sp³-hybridized carbons (Fsp3) is 0.360. The molecule has 0 bridgehead atoms. The highest BCUT2D eigenvalue weighted by Gasteiger charge is 2.55. The Morgan fingerprint density at radius 2 is 2.09 bits per heavy atom. The van der Waals surface area contributed by atoms with Crippen LogP contribution in [-0.2, 0) is 22.7 Å². The summed E-state index contributed by atoms with van der Waals surface area (Å²) in [6.45, 7) is 1.38. The monoisotopic (exact) mass is 498 g/mol. The molecule has 1 N–H and O–H groups in total. The Hall–Kier alpha value is -3.46. The Bertz CT molecular complexity index is 1360. The molecule has 0 radical (unpaired) electrons. The second-order valence-corrected chi connectivity index (χ2v) is 9.43. The summed E-state index contributed by atoms with van der Waals surface area (Å²) in [5, 5.41) is 3.35. The summed E-state index contributed by atoms with van der Waals surface area (Å²) in [5.41, 5.74) is 1.22. The van der Waals surface area contributed by atoms with E-state index in [9.17, 15) is 18.8 Å². The lowest BCUT2D eigenvalue weighted by molar-refractivity contribution is -0.140. The van der Waals surface area contributed by atoms with Gasteiger partial charge in [0.1, 0.15) is 29.8 Å². The van der Waals surface area contributed by atoms with E-state index in [1.165, 1.54) is 26.3 Å². The minimum atomic E-state index is -0.629. The van der Waals surface area contributed by atoms with Crippen molar-refractivity contribution in [3.63, 3.8) is 0 Å². The maximum absolute atomic E-state index is 14.2. The molecule has 0 spiro atoms. The molecule has 10 heteroatoms. The first-order valence-corrected chi connectivity index (χ1v) is 11.7. The first-order chi connectivity index (χ1) is 16.8. The van der Waals surface area contributed by atoms with E-state index in [1.54, 1.807) is 33.9 Å². The number of Topliss-reactive ketones (excluding diaryl/α,β-unsaturated/α-hetero) is 1. The van der Waals surface area contributed by atoms with Gasteiger partial charge in [-0.05, 0) is 37.8 Å². The number of ether oxygens (including phenoxy) is 1. The van der Waals surface area contributed by atoms with Gasteiger partial charge in [-0.3, -0.25) is 14.4 Å². The van der Waals surface area contributed by atoms with Crippen molar-refractivity contribution in [2.45, 2.75) is 44.9 Å². The summed E-state index contributed by atoms with van der Waals surface area (Å²) in [4.78, 5) is 44.6. The molecule has 2 fully saturated rings. The number of carbonyl (C=O) groups is 3. The van der Waals surface area contributed by atoms with Crippen LogP contribution in [-0.4, -0.2) is 51.2 Å². The number of likely N-dealkylation sites (tertiary alicyclic amines) is 1. The normalized spacial score (nSPS) is 20.6. The number of fused-ring (bicyclic) bond motifs is 2. The minimum Gasteiger partial charge on any atom is -0.495 e. The van der Waals surface area contributed by atoms with Crippen LogP contribution in [0, 0.1) is 11.7 Å². The largest absolute Gasteiger partial charge is 0.495 e. The van der Waals surface area contributed by atoms with Crippen molar-refractivity contribution in [3.8, 4) is 5.75 Å². The van der Waals surface area contributed by atoms with Crippen molar-refractivity contribution < 1.29 is 23.5 Å². The molecule has 35 heavy (non-hydrogen) atoms. The molecule has 1 aromatic carbocycles. The summed E-state index contributed by atoms with van der Waals surface area (Å²) >= 11 is 5.83. The Morgan fingerprint density at radius 1 is 1.29 bits per heavy atom. The molecule has 1 aliphatic carbocycles. The number of piperidine rings is 1. The number of hydrogen-bond donors (Lipinski definition) is 1. The van der Waals surface area contributed by atoms with Crippen molar-refractivity contribution in [1.82, 2.24) is 19.8 Å². The van der Waals surface area contributed by atoms with Crippen LogP contribution in [0.15, 0.2) is 36.7 Å². The summed E-state index contributed by atoms with van der Waals surface area (Å²) in [7, 11) is 1.52. The highest BCUT2D eigenvalue weighted by Crippen LogP contribution is 2.48. The van der Waals surface area contributed by atoms with E-state index in [0.29, 0.717) is 28.8 Å². The summed E-state index contributed by atoms with van der Waals surface area (Å²) < 4.78 is 21.1. The Balaban J connectivity index is 1.34. The third-order valence-corrected chi connectivity index (χ3v) is 7.08. The van der Waals surface area contributed by atoms with Gasteiger partial charge in [-0.2, -0.15) is 0 Å². The second kappa shape index (κ2) is 8.96. The SMILES string of the molecule is COc1cnc2c(c1)c(C(C)=O)cn2CC(=O)N1[C@@H]2C[C@@H]2C[C@H]1C(=O)NCc1cccc(Cl)c1F. The standard InChI is InChI=1S/C25H24ClFN4O4/c1-13(32)18-11-30(24-17(18)8-16(35-2)10-28-24)12-22(33)31-20-6-15(20)7-21(31)25(34)29-9-14-4-3-5-19(26)23(14)27/h3-5,8,10-11,15,20-21H,6-7,9,12H2,1-2H3,(H,29,34)/t15-,20-,21+/m1/s1. The van der Waals surface area contributed by atoms with Crippen molar-refractivity contribution in [2.24, 2.45) is 5.92 Å². The Morgan fingerprint density at radius 3 is 2.83 bits per heavy atom. The van der Waals surface area contributed by atoms with Crippen molar-refractivity contribution >= 4 is 40.2 Å². The zero-order valence-electron chi connectivity index (χ0n) is 19.3. The number of nitrogens with zero attached hydrogens (tertiary/aromatic N) is 3. The van der Waals surface area contributed by atoms with E-state index < -0.39 is 11.9 Å². The average Bonchev–Trinajstić information content (AvgIpc) is 3.35. The molecule has 3 atom stereocenters. The minimum absolute atomic E-state index is 0.00854. The summed E-state index contributed by atoms with van der Waals surface area (Å²) in [5.74, 6) is -0.471. The molecule has 2 aromatic heterocycles.